The fourth-order valence-corrected chi connectivity index (χ4v) is 2.97. The fraction of sp³-hybridized carbons (Fsp3) is 0.267. The third kappa shape index (κ3) is 5.98. The van der Waals surface area contributed by atoms with Crippen LogP contribution in [0.15, 0.2) is 40.2 Å². The Kier molecular flexibility index (Phi) is 12.5. The van der Waals surface area contributed by atoms with Gasteiger partial charge in [0.2, 0.25) is 0 Å². The molecule has 0 bridgehead atoms. The summed E-state index contributed by atoms with van der Waals surface area (Å²) < 4.78 is 10.8. The summed E-state index contributed by atoms with van der Waals surface area (Å²) in [5.41, 5.74) is 10.7. The molecule has 8 heteroatoms. The number of halogens is 2. The minimum Gasteiger partial charge on any atom is -1.00 e. The van der Waals surface area contributed by atoms with Crippen molar-refractivity contribution >= 4 is 17.5 Å². The number of ether oxygens (including phenoxy) is 2. The molecule has 1 aromatic carbocycles. The number of hydrogen-bond acceptors (Lipinski definition) is 3. The van der Waals surface area contributed by atoms with Crippen LogP contribution in [0.1, 0.15) is 12.0 Å². The first-order chi connectivity index (χ1) is 9.69. The Bertz CT molecular complexity index is 645. The average molecular weight is 425 g/mol. The number of hydrogen-bond donors (Lipinski definition) is 0. The first-order valence-electron chi connectivity index (χ1n) is 6.18. The van der Waals surface area contributed by atoms with Gasteiger partial charge in [-0.25, -0.2) is 0 Å². The summed E-state index contributed by atoms with van der Waals surface area (Å²) in [7, 11) is 3.29. The van der Waals surface area contributed by atoms with Crippen LogP contribution in [-0.4, -0.2) is 24.7 Å². The fourth-order valence-electron chi connectivity index (χ4n) is 1.94. The number of rotatable bonds is 4. The molecule has 0 saturated heterocycles. The molecule has 0 saturated carbocycles. The Labute approximate surface area is 165 Å². The number of aryl methyl sites for hydroxylation is 1. The molecule has 4 nitrogen and oxygen atoms in total. The molecule has 23 heavy (non-hydrogen) atoms. The number of methoxy groups -OCH3 is 2. The average Bonchev–Trinajstić information content (AvgIpc) is 2.49. The largest absolute Gasteiger partial charge is 2.00 e. The maximum Gasteiger partial charge on any atom is 2.00 e. The molecular formula is C15H16Cl2N2O2SZn. The molecule has 0 radical (unpaired) electrons. The topological polar surface area (TPSA) is 54.9 Å². The van der Waals surface area contributed by atoms with Crippen molar-refractivity contribution in [2.24, 2.45) is 0 Å². The first kappa shape index (κ1) is 24.5. The maximum atomic E-state index is 9.05. The molecular weight excluding hydrogens is 409 g/mol. The standard InChI is InChI=1S/C15H16N2O2S.2ClH.Zn/c1-10-8-13(19-3)15(9-12(10)18-2)20-14-7-5-4-6-11(14)17-16;;;/h4-5,7-9H,6H2,1-3H3;2*1H;/q;;;+2/p-2. The summed E-state index contributed by atoms with van der Waals surface area (Å²) >= 11 is 1.50. The molecule has 0 N–H and O–H groups in total. The van der Waals surface area contributed by atoms with E-state index < -0.39 is 0 Å². The van der Waals surface area contributed by atoms with Crippen LogP contribution in [-0.2, 0) is 19.5 Å². The van der Waals surface area contributed by atoms with Gasteiger partial charge >= 0.3 is 25.2 Å². The van der Waals surface area contributed by atoms with E-state index in [9.17, 15) is 0 Å². The smallest absolute Gasteiger partial charge is 1.00 e. The summed E-state index contributed by atoms with van der Waals surface area (Å²) in [6.45, 7) is 1.97. The van der Waals surface area contributed by atoms with Gasteiger partial charge in [0, 0.05) is 0 Å². The van der Waals surface area contributed by atoms with Crippen LogP contribution < -0.4 is 34.3 Å². The van der Waals surface area contributed by atoms with Crippen LogP contribution in [0, 0.1) is 6.92 Å². The van der Waals surface area contributed by atoms with E-state index in [-0.39, 0.29) is 44.3 Å². The predicted octanol–water partition coefficient (Wildman–Crippen LogP) is -2.38. The van der Waals surface area contributed by atoms with Gasteiger partial charge in [0.05, 0.1) is 30.4 Å². The predicted molar refractivity (Wildman–Crippen MR) is 80.6 cm³/mol. The Morgan fingerprint density at radius 3 is 2.35 bits per heavy atom. The molecule has 1 aromatic rings. The van der Waals surface area contributed by atoms with Gasteiger partial charge in [0.1, 0.15) is 11.5 Å². The van der Waals surface area contributed by atoms with Crippen molar-refractivity contribution in [3.63, 3.8) is 0 Å². The van der Waals surface area contributed by atoms with Crippen LogP contribution in [0.25, 0.3) is 5.53 Å². The van der Waals surface area contributed by atoms with E-state index in [0.717, 1.165) is 26.9 Å². The Morgan fingerprint density at radius 1 is 1.13 bits per heavy atom. The van der Waals surface area contributed by atoms with Crippen molar-refractivity contribution < 1.29 is 58.6 Å². The van der Waals surface area contributed by atoms with Gasteiger partial charge in [0.15, 0.2) is 0 Å². The Balaban J connectivity index is 0. The Hall–Kier alpha value is -0.767. The van der Waals surface area contributed by atoms with Crippen molar-refractivity contribution in [3.05, 3.63) is 46.4 Å². The SMILES string of the molecule is COc1cc(SC2=CC=CCC2=[N+]=[N-])c(OC)cc1C.[Cl-].[Cl-].[Zn+2]. The van der Waals surface area contributed by atoms with Gasteiger partial charge in [-0.2, -0.15) is 4.79 Å². The molecule has 2 rings (SSSR count). The molecule has 0 fully saturated rings. The Morgan fingerprint density at radius 2 is 1.78 bits per heavy atom. The molecule has 1 aliphatic carbocycles. The monoisotopic (exact) mass is 422 g/mol. The minimum absolute atomic E-state index is 0. The molecule has 0 aliphatic heterocycles. The van der Waals surface area contributed by atoms with Gasteiger partial charge < -0.3 is 39.8 Å². The molecule has 0 spiro atoms. The van der Waals surface area contributed by atoms with Crippen LogP contribution in [0.4, 0.5) is 0 Å². The van der Waals surface area contributed by atoms with E-state index in [1.54, 1.807) is 14.2 Å². The van der Waals surface area contributed by atoms with E-state index in [1.165, 1.54) is 11.8 Å². The van der Waals surface area contributed by atoms with Gasteiger partial charge in [-0.15, -0.1) is 0 Å². The quantitative estimate of drug-likeness (QED) is 0.308. The van der Waals surface area contributed by atoms with Crippen molar-refractivity contribution in [2.75, 3.05) is 14.2 Å². The van der Waals surface area contributed by atoms with Crippen molar-refractivity contribution in [3.8, 4) is 11.5 Å². The van der Waals surface area contributed by atoms with Crippen molar-refractivity contribution in [1.29, 1.82) is 0 Å². The van der Waals surface area contributed by atoms with Crippen molar-refractivity contribution in [1.82, 2.24) is 0 Å². The number of thioether (sulfide) groups is 1. The second-order valence-corrected chi connectivity index (χ2v) is 5.37. The van der Waals surface area contributed by atoms with Gasteiger partial charge in [-0.1, -0.05) is 23.9 Å². The van der Waals surface area contributed by atoms with E-state index >= 15 is 0 Å². The summed E-state index contributed by atoms with van der Waals surface area (Å²) in [6.07, 6.45) is 6.45. The summed E-state index contributed by atoms with van der Waals surface area (Å²) in [6, 6.07) is 3.88. The molecule has 0 unspecified atom stereocenters. The molecule has 1 aliphatic rings. The van der Waals surface area contributed by atoms with Crippen molar-refractivity contribution in [2.45, 2.75) is 18.2 Å². The van der Waals surface area contributed by atoms with E-state index in [1.807, 2.05) is 37.3 Å². The van der Waals surface area contributed by atoms with E-state index in [4.69, 9.17) is 15.0 Å². The molecule has 0 atom stereocenters. The normalized spacial score (nSPS) is 12.0. The molecule has 120 valence electrons. The van der Waals surface area contributed by atoms with E-state index in [0.29, 0.717) is 12.1 Å². The number of benzene rings is 1. The van der Waals surface area contributed by atoms with Crippen LogP contribution >= 0.6 is 11.8 Å². The summed E-state index contributed by atoms with van der Waals surface area (Å²) in [5, 5.41) is 0. The van der Waals surface area contributed by atoms with Crippen LogP contribution in [0.2, 0.25) is 0 Å². The van der Waals surface area contributed by atoms with Gasteiger partial charge in [-0.3, -0.25) is 0 Å². The number of allylic oxidation sites excluding steroid dienone is 4. The van der Waals surface area contributed by atoms with Crippen LogP contribution in [0.5, 0.6) is 11.5 Å². The van der Waals surface area contributed by atoms with Gasteiger partial charge in [0.25, 0.3) is 0 Å². The van der Waals surface area contributed by atoms with E-state index in [2.05, 4.69) is 4.79 Å². The first-order valence-corrected chi connectivity index (χ1v) is 6.99. The molecule has 0 aromatic heterocycles. The number of nitrogens with zero attached hydrogens (tertiary/aromatic N) is 2. The van der Waals surface area contributed by atoms with Gasteiger partial charge in [-0.05, 0) is 30.7 Å². The second-order valence-electron chi connectivity index (χ2n) is 4.28. The zero-order valence-electron chi connectivity index (χ0n) is 13.2. The van der Waals surface area contributed by atoms with Crippen LogP contribution in [0.3, 0.4) is 0 Å². The minimum atomic E-state index is 0. The molecule has 0 amide bonds. The maximum absolute atomic E-state index is 9.05. The summed E-state index contributed by atoms with van der Waals surface area (Å²) in [4.78, 5) is 5.18. The molecule has 0 heterocycles. The summed E-state index contributed by atoms with van der Waals surface area (Å²) in [5.74, 6) is 1.59. The zero-order valence-corrected chi connectivity index (χ0v) is 18.5. The zero-order chi connectivity index (χ0) is 14.5. The third-order valence-electron chi connectivity index (χ3n) is 3.00. The third-order valence-corrected chi connectivity index (χ3v) is 4.13. The second kappa shape index (κ2) is 11.7.